The van der Waals surface area contributed by atoms with E-state index in [0.29, 0.717) is 6.42 Å². The largest absolute Gasteiger partial charge is 0.480 e. The van der Waals surface area contributed by atoms with E-state index in [9.17, 15) is 19.5 Å². The molecule has 2 aliphatic heterocycles. The van der Waals surface area contributed by atoms with E-state index in [1.54, 1.807) is 6.07 Å². The minimum absolute atomic E-state index is 0.110. The van der Waals surface area contributed by atoms with E-state index in [2.05, 4.69) is 10.3 Å². The molecule has 0 saturated carbocycles. The Morgan fingerprint density at radius 2 is 2.04 bits per heavy atom. The summed E-state index contributed by atoms with van der Waals surface area (Å²) in [7, 11) is 0. The Labute approximate surface area is 159 Å². The molecule has 8 heteroatoms. The summed E-state index contributed by atoms with van der Waals surface area (Å²) < 4.78 is 5.08. The molecule has 4 heterocycles. The monoisotopic (exact) mass is 379 g/mol. The lowest BCUT2D eigenvalue weighted by Gasteiger charge is -2.35. The number of rotatable bonds is 3. The van der Waals surface area contributed by atoms with Gasteiger partial charge in [0.15, 0.2) is 5.76 Å². The standard InChI is InChI=1S/C20H17N3O5/c24-18(16-6-3-7-28-16)22-13-9-14-17-11(10-4-1-2-5-12(10)21-17)8-15(20(26)27)23(14)19(13)25/h1-7,13-15,21H,8-9H2,(H,22,24)(H,26,27)/t13-,14-,15+/m1/s1. The zero-order chi connectivity index (χ0) is 19.4. The van der Waals surface area contributed by atoms with E-state index >= 15 is 0 Å². The highest BCUT2D eigenvalue weighted by molar-refractivity contribution is 5.98. The van der Waals surface area contributed by atoms with Crippen LogP contribution in [-0.4, -0.2) is 44.9 Å². The van der Waals surface area contributed by atoms with Crippen LogP contribution in [0.2, 0.25) is 0 Å². The second-order valence-electron chi connectivity index (χ2n) is 7.12. The molecule has 1 fully saturated rings. The van der Waals surface area contributed by atoms with Crippen LogP contribution in [0.3, 0.4) is 0 Å². The van der Waals surface area contributed by atoms with Gasteiger partial charge in [0.25, 0.3) is 5.91 Å². The highest BCUT2D eigenvalue weighted by atomic mass is 16.4. The van der Waals surface area contributed by atoms with E-state index in [0.717, 1.165) is 22.2 Å². The molecular weight excluding hydrogens is 362 g/mol. The fourth-order valence-electron chi connectivity index (χ4n) is 4.38. The average Bonchev–Trinajstić information content (AvgIpc) is 3.40. The predicted molar refractivity (Wildman–Crippen MR) is 97.6 cm³/mol. The first kappa shape index (κ1) is 16.6. The van der Waals surface area contributed by atoms with E-state index in [-0.39, 0.29) is 18.1 Å². The van der Waals surface area contributed by atoms with E-state index < -0.39 is 30.0 Å². The number of aliphatic carboxylic acids is 1. The second kappa shape index (κ2) is 5.98. The summed E-state index contributed by atoms with van der Waals surface area (Å²) >= 11 is 0. The van der Waals surface area contributed by atoms with Crippen LogP contribution in [-0.2, 0) is 16.0 Å². The van der Waals surface area contributed by atoms with Gasteiger partial charge >= 0.3 is 5.97 Å². The van der Waals surface area contributed by atoms with Gasteiger partial charge < -0.3 is 24.7 Å². The molecule has 2 aliphatic rings. The molecule has 0 unspecified atom stereocenters. The smallest absolute Gasteiger partial charge is 0.326 e. The van der Waals surface area contributed by atoms with Gasteiger partial charge in [0.05, 0.1) is 12.3 Å². The van der Waals surface area contributed by atoms with Crippen molar-refractivity contribution in [1.82, 2.24) is 15.2 Å². The third kappa shape index (κ3) is 2.34. The lowest BCUT2D eigenvalue weighted by atomic mass is 9.92. The number of nitrogens with one attached hydrogen (secondary N) is 2. The van der Waals surface area contributed by atoms with Crippen molar-refractivity contribution in [2.45, 2.75) is 31.0 Å². The maximum absolute atomic E-state index is 13.0. The summed E-state index contributed by atoms with van der Waals surface area (Å²) in [5.41, 5.74) is 2.69. The zero-order valence-electron chi connectivity index (χ0n) is 14.7. The van der Waals surface area contributed by atoms with E-state index in [1.807, 2.05) is 24.3 Å². The lowest BCUT2D eigenvalue weighted by molar-refractivity contribution is -0.150. The van der Waals surface area contributed by atoms with Crippen LogP contribution >= 0.6 is 0 Å². The minimum atomic E-state index is -1.05. The number of carbonyl (C=O) groups excluding carboxylic acids is 2. The summed E-state index contributed by atoms with van der Waals surface area (Å²) in [4.78, 5) is 42.0. The van der Waals surface area contributed by atoms with Gasteiger partial charge in [-0.2, -0.15) is 0 Å². The maximum atomic E-state index is 13.0. The molecular formula is C20H17N3O5. The van der Waals surface area contributed by atoms with Gasteiger partial charge in [0, 0.05) is 29.4 Å². The Morgan fingerprint density at radius 1 is 1.21 bits per heavy atom. The Morgan fingerprint density at radius 3 is 2.79 bits per heavy atom. The number of hydrogen-bond donors (Lipinski definition) is 3. The number of para-hydroxylation sites is 1. The number of carboxylic acids is 1. The van der Waals surface area contributed by atoms with Crippen molar-refractivity contribution in [3.05, 3.63) is 59.7 Å². The van der Waals surface area contributed by atoms with Gasteiger partial charge in [-0.25, -0.2) is 4.79 Å². The molecule has 3 atom stereocenters. The number of nitrogens with zero attached hydrogens (tertiary/aromatic N) is 1. The molecule has 1 aromatic carbocycles. The molecule has 3 N–H and O–H groups in total. The summed E-state index contributed by atoms with van der Waals surface area (Å²) in [6.45, 7) is 0. The molecule has 0 aliphatic carbocycles. The molecule has 5 rings (SSSR count). The topological polar surface area (TPSA) is 116 Å². The number of carboxylic acid groups (broad SMARTS) is 1. The summed E-state index contributed by atoms with van der Waals surface area (Å²) in [5.74, 6) is -1.82. The average molecular weight is 379 g/mol. The molecule has 2 aromatic heterocycles. The molecule has 2 amide bonds. The first-order chi connectivity index (χ1) is 13.5. The first-order valence-corrected chi connectivity index (χ1v) is 9.03. The molecule has 8 nitrogen and oxygen atoms in total. The van der Waals surface area contributed by atoms with E-state index in [1.165, 1.54) is 17.2 Å². The highest BCUT2D eigenvalue weighted by Gasteiger charge is 2.50. The fourth-order valence-corrected chi connectivity index (χ4v) is 4.38. The summed E-state index contributed by atoms with van der Waals surface area (Å²) in [6, 6.07) is 8.60. The Kier molecular flexibility index (Phi) is 3.55. The van der Waals surface area contributed by atoms with Crippen LogP contribution in [0.1, 0.15) is 34.3 Å². The molecule has 28 heavy (non-hydrogen) atoms. The number of aromatic nitrogens is 1. The number of fused-ring (bicyclic) bond motifs is 5. The van der Waals surface area contributed by atoms with Crippen LogP contribution in [0.5, 0.6) is 0 Å². The molecule has 3 aromatic rings. The minimum Gasteiger partial charge on any atom is -0.480 e. The van der Waals surface area contributed by atoms with Crippen LogP contribution in [0.15, 0.2) is 47.1 Å². The van der Waals surface area contributed by atoms with Crippen molar-refractivity contribution in [3.63, 3.8) is 0 Å². The molecule has 0 bridgehead atoms. The number of benzene rings is 1. The molecule has 0 spiro atoms. The van der Waals surface area contributed by atoms with Gasteiger partial charge in [-0.15, -0.1) is 0 Å². The van der Waals surface area contributed by atoms with Gasteiger partial charge in [-0.1, -0.05) is 18.2 Å². The Hall–Kier alpha value is -3.55. The normalized spacial score (nSPS) is 23.5. The SMILES string of the molecule is O=C(N[C@@H]1C[C@@H]2c3[nH]c4ccccc4c3C[C@@H](C(=O)O)N2C1=O)c1ccco1. The number of furan rings is 1. The second-order valence-corrected chi connectivity index (χ2v) is 7.12. The summed E-state index contributed by atoms with van der Waals surface area (Å²) in [6.07, 6.45) is 1.91. The van der Waals surface area contributed by atoms with Crippen molar-refractivity contribution in [1.29, 1.82) is 0 Å². The number of amides is 2. The van der Waals surface area contributed by atoms with Crippen molar-refractivity contribution in [3.8, 4) is 0 Å². The van der Waals surface area contributed by atoms with Crippen LogP contribution in [0.4, 0.5) is 0 Å². The van der Waals surface area contributed by atoms with Gasteiger partial charge in [0.1, 0.15) is 12.1 Å². The zero-order valence-corrected chi connectivity index (χ0v) is 14.7. The summed E-state index contributed by atoms with van der Waals surface area (Å²) in [5, 5.41) is 13.4. The fraction of sp³-hybridized carbons (Fsp3) is 0.250. The van der Waals surface area contributed by atoms with E-state index in [4.69, 9.17) is 4.42 Å². The number of carbonyl (C=O) groups is 3. The number of hydrogen-bond acceptors (Lipinski definition) is 4. The quantitative estimate of drug-likeness (QED) is 0.642. The first-order valence-electron chi connectivity index (χ1n) is 9.03. The number of aromatic amines is 1. The third-order valence-electron chi connectivity index (χ3n) is 5.60. The van der Waals surface area contributed by atoms with Crippen molar-refractivity contribution in [2.75, 3.05) is 0 Å². The molecule has 1 saturated heterocycles. The van der Waals surface area contributed by atoms with Crippen molar-refractivity contribution < 1.29 is 23.9 Å². The van der Waals surface area contributed by atoms with Crippen molar-refractivity contribution >= 4 is 28.7 Å². The highest BCUT2D eigenvalue weighted by Crippen LogP contribution is 2.43. The van der Waals surface area contributed by atoms with Crippen molar-refractivity contribution in [2.24, 2.45) is 0 Å². The molecule has 0 radical (unpaired) electrons. The maximum Gasteiger partial charge on any atom is 0.326 e. The van der Waals surface area contributed by atoms with Gasteiger partial charge in [-0.3, -0.25) is 9.59 Å². The van der Waals surface area contributed by atoms with Gasteiger partial charge in [-0.05, 0) is 23.8 Å². The number of H-pyrrole nitrogens is 1. The Balaban J connectivity index is 1.53. The molecule has 142 valence electrons. The third-order valence-corrected chi connectivity index (χ3v) is 5.60. The van der Waals surface area contributed by atoms with Gasteiger partial charge in [0.2, 0.25) is 5.91 Å². The predicted octanol–water partition coefficient (Wildman–Crippen LogP) is 1.84. The Bertz CT molecular complexity index is 1100. The van der Waals surface area contributed by atoms with Crippen LogP contribution in [0, 0.1) is 0 Å². The van der Waals surface area contributed by atoms with Crippen LogP contribution < -0.4 is 5.32 Å². The lowest BCUT2D eigenvalue weighted by Crippen LogP contribution is -2.50. The van der Waals surface area contributed by atoms with Crippen LogP contribution in [0.25, 0.3) is 10.9 Å².